The van der Waals surface area contributed by atoms with Crippen molar-refractivity contribution in [2.24, 2.45) is 11.8 Å². The molecular formula is C21H33N3O3. The predicted octanol–water partition coefficient (Wildman–Crippen LogP) is 4.35. The second-order valence-corrected chi connectivity index (χ2v) is 9.24. The Morgan fingerprint density at radius 2 is 1.93 bits per heavy atom. The number of hydrogen-bond acceptors (Lipinski definition) is 4. The van der Waals surface area contributed by atoms with Crippen molar-refractivity contribution in [3.63, 3.8) is 0 Å². The third-order valence-corrected chi connectivity index (χ3v) is 5.68. The highest BCUT2D eigenvalue weighted by molar-refractivity contribution is 5.94. The first-order chi connectivity index (χ1) is 12.7. The molecule has 2 fully saturated rings. The summed E-state index contributed by atoms with van der Waals surface area (Å²) in [6.07, 6.45) is 10.6. The number of piperidine rings is 1. The van der Waals surface area contributed by atoms with E-state index in [0.717, 1.165) is 24.5 Å². The van der Waals surface area contributed by atoms with Gasteiger partial charge in [-0.1, -0.05) is 6.92 Å². The monoisotopic (exact) mass is 375 g/mol. The first-order valence-corrected chi connectivity index (χ1v) is 10.3. The Labute approximate surface area is 162 Å². The van der Waals surface area contributed by atoms with Crippen molar-refractivity contribution in [3.05, 3.63) is 18.2 Å². The fourth-order valence-electron chi connectivity index (χ4n) is 4.12. The van der Waals surface area contributed by atoms with Crippen molar-refractivity contribution in [3.8, 4) is 0 Å². The van der Waals surface area contributed by atoms with E-state index < -0.39 is 11.7 Å². The van der Waals surface area contributed by atoms with Gasteiger partial charge in [-0.05, 0) is 65.2 Å². The highest BCUT2D eigenvalue weighted by Crippen LogP contribution is 2.32. The zero-order valence-electron chi connectivity index (χ0n) is 17.1. The predicted molar refractivity (Wildman–Crippen MR) is 103 cm³/mol. The Bertz CT molecular complexity index is 668. The average molecular weight is 376 g/mol. The molecule has 3 rings (SSSR count). The maximum atomic E-state index is 12.8. The second kappa shape index (κ2) is 8.03. The molecule has 1 aromatic rings. The molecule has 1 atom stereocenters. The summed E-state index contributed by atoms with van der Waals surface area (Å²) in [7, 11) is 0. The molecule has 2 aliphatic rings. The minimum atomic E-state index is -0.597. The minimum Gasteiger partial charge on any atom is -0.443 e. The van der Waals surface area contributed by atoms with E-state index in [1.807, 2.05) is 27.1 Å². The van der Waals surface area contributed by atoms with Gasteiger partial charge in [-0.3, -0.25) is 4.79 Å². The maximum Gasteiger partial charge on any atom is 0.417 e. The molecule has 1 aromatic heterocycles. The lowest BCUT2D eigenvalue weighted by Gasteiger charge is -2.32. The summed E-state index contributed by atoms with van der Waals surface area (Å²) in [5.74, 6) is 0.500. The van der Waals surface area contributed by atoms with Crippen LogP contribution in [0, 0.1) is 11.8 Å². The Balaban J connectivity index is 1.60. The quantitative estimate of drug-likeness (QED) is 0.788. The number of carbonyl (C=O) groups is 2. The van der Waals surface area contributed by atoms with E-state index in [4.69, 9.17) is 4.74 Å². The first-order valence-electron chi connectivity index (χ1n) is 10.3. The van der Waals surface area contributed by atoms with Crippen LogP contribution >= 0.6 is 0 Å². The van der Waals surface area contributed by atoms with E-state index in [2.05, 4.69) is 22.7 Å². The van der Waals surface area contributed by atoms with Crippen LogP contribution < -0.4 is 0 Å². The molecule has 0 N–H and O–H groups in total. The van der Waals surface area contributed by atoms with Gasteiger partial charge in [0.05, 0.1) is 12.0 Å². The molecule has 1 aliphatic carbocycles. The fraction of sp³-hybridized carbons (Fsp3) is 0.762. The Kier molecular flexibility index (Phi) is 5.92. The number of hydrogen-bond donors (Lipinski definition) is 0. The van der Waals surface area contributed by atoms with E-state index in [9.17, 15) is 9.59 Å². The smallest absolute Gasteiger partial charge is 0.417 e. The van der Waals surface area contributed by atoms with E-state index in [-0.39, 0.29) is 11.8 Å². The van der Waals surface area contributed by atoms with Crippen molar-refractivity contribution < 1.29 is 14.3 Å². The summed E-state index contributed by atoms with van der Waals surface area (Å²) in [5.41, 5.74) is 0.346. The lowest BCUT2D eigenvalue weighted by atomic mass is 9.87. The van der Waals surface area contributed by atoms with Gasteiger partial charge in [0.2, 0.25) is 5.91 Å². The molecule has 150 valence electrons. The normalized spacial score (nSPS) is 26.9. The number of amides is 2. The van der Waals surface area contributed by atoms with Crippen LogP contribution in [-0.2, 0) is 16.0 Å². The van der Waals surface area contributed by atoms with Gasteiger partial charge >= 0.3 is 6.09 Å². The molecular weight excluding hydrogens is 342 g/mol. The molecule has 27 heavy (non-hydrogen) atoms. The lowest BCUT2D eigenvalue weighted by molar-refractivity contribution is -0.137. The summed E-state index contributed by atoms with van der Waals surface area (Å²) in [4.78, 5) is 30.9. The van der Waals surface area contributed by atoms with Crippen LogP contribution in [0.2, 0.25) is 0 Å². The molecule has 1 aliphatic heterocycles. The number of carbonyl (C=O) groups excluding carboxylic acids is 2. The molecule has 0 aromatic carbocycles. The Hall–Kier alpha value is -1.85. The highest BCUT2D eigenvalue weighted by Gasteiger charge is 2.35. The highest BCUT2D eigenvalue weighted by atomic mass is 16.6. The van der Waals surface area contributed by atoms with E-state index in [0.29, 0.717) is 19.0 Å². The largest absolute Gasteiger partial charge is 0.443 e. The van der Waals surface area contributed by atoms with E-state index in [1.165, 1.54) is 30.6 Å². The number of aromatic nitrogens is 2. The van der Waals surface area contributed by atoms with Crippen molar-refractivity contribution in [2.45, 2.75) is 84.3 Å². The average Bonchev–Trinajstić information content (AvgIpc) is 3.04. The third-order valence-electron chi connectivity index (χ3n) is 5.68. The third kappa shape index (κ3) is 5.11. The van der Waals surface area contributed by atoms with Crippen molar-refractivity contribution in [1.82, 2.24) is 14.5 Å². The van der Waals surface area contributed by atoms with Crippen LogP contribution in [0.15, 0.2) is 12.5 Å². The van der Waals surface area contributed by atoms with Crippen LogP contribution in [0.4, 0.5) is 4.79 Å². The van der Waals surface area contributed by atoms with Crippen molar-refractivity contribution in [1.29, 1.82) is 0 Å². The zero-order chi connectivity index (χ0) is 19.6. The molecule has 6 heteroatoms. The van der Waals surface area contributed by atoms with Crippen LogP contribution in [0.25, 0.3) is 0 Å². The van der Waals surface area contributed by atoms with E-state index in [1.54, 1.807) is 0 Å². The summed E-state index contributed by atoms with van der Waals surface area (Å²) in [6, 6.07) is 0.530. The molecule has 0 spiro atoms. The number of rotatable bonds is 3. The summed E-state index contributed by atoms with van der Waals surface area (Å²) in [5, 5.41) is 0. The van der Waals surface area contributed by atoms with Gasteiger partial charge in [0, 0.05) is 31.1 Å². The number of imide groups is 1. The number of likely N-dealkylation sites (tertiary alicyclic amines) is 1. The molecule has 2 amide bonds. The summed E-state index contributed by atoms with van der Waals surface area (Å²) >= 11 is 0. The van der Waals surface area contributed by atoms with Gasteiger partial charge in [-0.15, -0.1) is 0 Å². The zero-order valence-corrected chi connectivity index (χ0v) is 17.1. The lowest BCUT2D eigenvalue weighted by Crippen LogP contribution is -2.47. The molecule has 0 bridgehead atoms. The molecule has 1 saturated heterocycles. The molecule has 1 saturated carbocycles. The topological polar surface area (TPSA) is 64.4 Å². The molecule has 6 nitrogen and oxygen atoms in total. The van der Waals surface area contributed by atoms with Crippen LogP contribution in [-0.4, -0.2) is 38.6 Å². The van der Waals surface area contributed by atoms with Gasteiger partial charge in [0.1, 0.15) is 5.60 Å². The molecule has 2 heterocycles. The number of nitrogens with zero attached hydrogens (tertiary/aromatic N) is 3. The van der Waals surface area contributed by atoms with Gasteiger partial charge in [-0.2, -0.15) is 0 Å². The SMILES string of the molecule is CC1CCC(n2cnc(C[C@@H]3CCCN(C(=O)OC(C)(C)C)C3=O)c2)CC1. The minimum absolute atomic E-state index is 0.128. The summed E-state index contributed by atoms with van der Waals surface area (Å²) in [6.45, 7) is 8.21. The fourth-order valence-corrected chi connectivity index (χ4v) is 4.12. The van der Waals surface area contributed by atoms with Crippen LogP contribution in [0.3, 0.4) is 0 Å². The van der Waals surface area contributed by atoms with Gasteiger partial charge in [0.25, 0.3) is 0 Å². The molecule has 0 unspecified atom stereocenters. The Morgan fingerprint density at radius 1 is 1.22 bits per heavy atom. The molecule has 0 radical (unpaired) electrons. The summed E-state index contributed by atoms with van der Waals surface area (Å²) < 4.78 is 7.61. The van der Waals surface area contributed by atoms with E-state index >= 15 is 0 Å². The van der Waals surface area contributed by atoms with Crippen molar-refractivity contribution in [2.75, 3.05) is 6.54 Å². The first kappa shape index (κ1) is 19.9. The number of imidazole rings is 1. The van der Waals surface area contributed by atoms with Gasteiger partial charge < -0.3 is 9.30 Å². The maximum absolute atomic E-state index is 12.8. The Morgan fingerprint density at radius 3 is 2.59 bits per heavy atom. The van der Waals surface area contributed by atoms with Crippen LogP contribution in [0.5, 0.6) is 0 Å². The van der Waals surface area contributed by atoms with Crippen molar-refractivity contribution >= 4 is 12.0 Å². The van der Waals surface area contributed by atoms with Gasteiger partial charge in [-0.25, -0.2) is 14.7 Å². The number of ether oxygens (including phenoxy) is 1. The second-order valence-electron chi connectivity index (χ2n) is 9.24. The standard InChI is InChI=1S/C21H33N3O3/c1-15-7-9-18(10-8-15)23-13-17(22-14-23)12-16-6-5-11-24(19(16)25)20(26)27-21(2,3)4/h13-16,18H,5-12H2,1-4H3/t15?,16-,18?/m0/s1. The van der Waals surface area contributed by atoms with Gasteiger partial charge in [0.15, 0.2) is 0 Å². The van der Waals surface area contributed by atoms with Crippen LogP contribution in [0.1, 0.15) is 78.0 Å².